The Labute approximate surface area is 168 Å². The van der Waals surface area contributed by atoms with Crippen molar-refractivity contribution in [1.29, 1.82) is 0 Å². The van der Waals surface area contributed by atoms with Gasteiger partial charge in [-0.3, -0.25) is 4.90 Å². The summed E-state index contributed by atoms with van der Waals surface area (Å²) in [7, 11) is 3.37. The van der Waals surface area contributed by atoms with Gasteiger partial charge in [0.05, 0.1) is 14.2 Å². The second-order valence-corrected chi connectivity index (χ2v) is 9.39. The third kappa shape index (κ3) is 3.49. The lowest BCUT2D eigenvalue weighted by Gasteiger charge is -2.33. The standard InChI is InChI=1S/C21H24BrNO2S/c1-24-17-9-8-16(11-18(17)25-2)26-19-10-15-13-23(21(19)20(15)22)12-14-6-4-3-5-7-14/h3-9,11,15,19-21H,10,12-13H2,1-2H3. The Hall–Kier alpha value is -1.17. The summed E-state index contributed by atoms with van der Waals surface area (Å²) < 4.78 is 10.8. The molecular weight excluding hydrogens is 410 g/mol. The Bertz CT molecular complexity index is 757. The zero-order valence-electron chi connectivity index (χ0n) is 15.1. The molecule has 1 saturated heterocycles. The van der Waals surface area contributed by atoms with Gasteiger partial charge in [0, 0.05) is 34.1 Å². The van der Waals surface area contributed by atoms with E-state index in [2.05, 4.69) is 63.3 Å². The number of alkyl halides is 1. The molecule has 0 N–H and O–H groups in total. The number of likely N-dealkylation sites (tertiary alicyclic amines) is 1. The molecule has 3 nitrogen and oxygen atoms in total. The molecule has 2 aromatic rings. The van der Waals surface area contributed by atoms with Gasteiger partial charge in [0.1, 0.15) is 0 Å². The molecule has 0 radical (unpaired) electrons. The van der Waals surface area contributed by atoms with Crippen molar-refractivity contribution in [1.82, 2.24) is 4.90 Å². The van der Waals surface area contributed by atoms with Gasteiger partial charge in [0.25, 0.3) is 0 Å². The number of ether oxygens (including phenoxy) is 2. The number of nitrogens with zero attached hydrogens (tertiary/aromatic N) is 1. The number of fused-ring (bicyclic) bond motifs is 2. The maximum absolute atomic E-state index is 5.47. The summed E-state index contributed by atoms with van der Waals surface area (Å²) in [6.07, 6.45) is 1.27. The zero-order valence-corrected chi connectivity index (χ0v) is 17.5. The van der Waals surface area contributed by atoms with Crippen LogP contribution in [0, 0.1) is 5.92 Å². The molecule has 0 aromatic heterocycles. The molecular formula is C21H24BrNO2S. The Balaban J connectivity index is 1.49. The van der Waals surface area contributed by atoms with Crippen molar-refractivity contribution in [3.63, 3.8) is 0 Å². The number of thioether (sulfide) groups is 1. The van der Waals surface area contributed by atoms with Crippen LogP contribution in [0.25, 0.3) is 0 Å². The van der Waals surface area contributed by atoms with Crippen molar-refractivity contribution in [2.75, 3.05) is 20.8 Å². The van der Waals surface area contributed by atoms with Crippen LogP contribution in [0.3, 0.4) is 0 Å². The Kier molecular flexibility index (Phi) is 5.48. The molecule has 4 unspecified atom stereocenters. The molecule has 2 fully saturated rings. The minimum atomic E-state index is 0.568. The number of hydrogen-bond donors (Lipinski definition) is 0. The minimum absolute atomic E-state index is 0.568. The topological polar surface area (TPSA) is 21.7 Å². The molecule has 5 heteroatoms. The van der Waals surface area contributed by atoms with Crippen LogP contribution in [0.2, 0.25) is 0 Å². The highest BCUT2D eigenvalue weighted by Gasteiger charge is 2.51. The van der Waals surface area contributed by atoms with E-state index >= 15 is 0 Å². The van der Waals surface area contributed by atoms with E-state index in [1.807, 2.05) is 17.8 Å². The van der Waals surface area contributed by atoms with Gasteiger partial charge in [0.15, 0.2) is 11.5 Å². The van der Waals surface area contributed by atoms with Crippen molar-refractivity contribution in [2.45, 2.75) is 34.0 Å². The van der Waals surface area contributed by atoms with Crippen LogP contribution < -0.4 is 9.47 Å². The normalized spacial score (nSPS) is 27.7. The number of halogens is 1. The van der Waals surface area contributed by atoms with E-state index in [-0.39, 0.29) is 0 Å². The Morgan fingerprint density at radius 3 is 2.54 bits per heavy atom. The fourth-order valence-electron chi connectivity index (χ4n) is 4.26. The summed E-state index contributed by atoms with van der Waals surface area (Å²) in [5.41, 5.74) is 1.40. The third-order valence-corrected chi connectivity index (χ3v) is 8.04. The van der Waals surface area contributed by atoms with E-state index in [0.717, 1.165) is 24.0 Å². The molecule has 4 rings (SSSR count). The van der Waals surface area contributed by atoms with E-state index in [1.54, 1.807) is 14.2 Å². The van der Waals surface area contributed by atoms with Crippen LogP contribution in [-0.4, -0.2) is 41.8 Å². The second kappa shape index (κ2) is 7.83. The maximum atomic E-state index is 5.47. The summed E-state index contributed by atoms with van der Waals surface area (Å²) in [5, 5.41) is 0.597. The highest BCUT2D eigenvalue weighted by molar-refractivity contribution is 9.09. The fourth-order valence-corrected chi connectivity index (χ4v) is 7.04. The highest BCUT2D eigenvalue weighted by atomic mass is 79.9. The quantitative estimate of drug-likeness (QED) is 0.607. The number of hydrogen-bond acceptors (Lipinski definition) is 4. The first-order valence-electron chi connectivity index (χ1n) is 9.00. The molecule has 2 aliphatic rings. The SMILES string of the molecule is COc1ccc(SC2CC3CN(Cc4ccccc4)C2C3Br)cc1OC. The average molecular weight is 434 g/mol. The lowest BCUT2D eigenvalue weighted by atomic mass is 10.1. The molecule has 26 heavy (non-hydrogen) atoms. The van der Waals surface area contributed by atoms with Gasteiger partial charge < -0.3 is 9.47 Å². The monoisotopic (exact) mass is 433 g/mol. The summed E-state index contributed by atoms with van der Waals surface area (Å²) in [4.78, 5) is 4.49. The van der Waals surface area contributed by atoms with Crippen LogP contribution in [0.1, 0.15) is 12.0 Å². The van der Waals surface area contributed by atoms with Gasteiger partial charge in [-0.25, -0.2) is 0 Å². The second-order valence-electron chi connectivity index (χ2n) is 7.02. The van der Waals surface area contributed by atoms with Crippen LogP contribution in [0.15, 0.2) is 53.4 Å². The van der Waals surface area contributed by atoms with E-state index in [4.69, 9.17) is 9.47 Å². The molecule has 0 spiro atoms. The number of rotatable bonds is 6. The minimum Gasteiger partial charge on any atom is -0.493 e. The summed E-state index contributed by atoms with van der Waals surface area (Å²) in [5.74, 6) is 2.33. The van der Waals surface area contributed by atoms with E-state index in [0.29, 0.717) is 16.1 Å². The van der Waals surface area contributed by atoms with E-state index < -0.39 is 0 Å². The molecule has 138 valence electrons. The van der Waals surface area contributed by atoms with Crippen molar-refractivity contribution in [3.8, 4) is 11.5 Å². The smallest absolute Gasteiger partial charge is 0.161 e. The lowest BCUT2D eigenvalue weighted by molar-refractivity contribution is 0.211. The first-order chi connectivity index (χ1) is 12.7. The Morgan fingerprint density at radius 2 is 1.85 bits per heavy atom. The molecule has 2 bridgehead atoms. The summed E-state index contributed by atoms with van der Waals surface area (Å²) >= 11 is 5.96. The average Bonchev–Trinajstić information content (AvgIpc) is 3.13. The lowest BCUT2D eigenvalue weighted by Crippen LogP contribution is -2.40. The summed E-state index contributed by atoms with van der Waals surface area (Å²) in [6, 6.07) is 17.6. The van der Waals surface area contributed by atoms with E-state index in [1.165, 1.54) is 23.4 Å². The maximum Gasteiger partial charge on any atom is 0.161 e. The predicted molar refractivity (Wildman–Crippen MR) is 111 cm³/mol. The molecule has 1 aliphatic heterocycles. The molecule has 2 aromatic carbocycles. The number of benzene rings is 2. The van der Waals surface area contributed by atoms with Crippen LogP contribution in [0.4, 0.5) is 0 Å². The molecule has 4 atom stereocenters. The Morgan fingerprint density at radius 1 is 1.08 bits per heavy atom. The van der Waals surface area contributed by atoms with Gasteiger partial charge >= 0.3 is 0 Å². The van der Waals surface area contributed by atoms with Crippen molar-refractivity contribution in [3.05, 3.63) is 54.1 Å². The number of methoxy groups -OCH3 is 2. The molecule has 1 aliphatic carbocycles. The van der Waals surface area contributed by atoms with Crippen molar-refractivity contribution >= 4 is 27.7 Å². The molecule has 1 saturated carbocycles. The van der Waals surface area contributed by atoms with Crippen LogP contribution in [-0.2, 0) is 6.54 Å². The fraction of sp³-hybridized carbons (Fsp3) is 0.429. The summed E-state index contributed by atoms with van der Waals surface area (Å²) in [6.45, 7) is 2.23. The third-order valence-electron chi connectivity index (χ3n) is 5.45. The largest absolute Gasteiger partial charge is 0.493 e. The molecule has 1 heterocycles. The van der Waals surface area contributed by atoms with Crippen LogP contribution >= 0.6 is 27.7 Å². The first kappa shape index (κ1) is 18.2. The van der Waals surface area contributed by atoms with Gasteiger partial charge in [-0.05, 0) is 36.1 Å². The van der Waals surface area contributed by atoms with E-state index in [9.17, 15) is 0 Å². The first-order valence-corrected chi connectivity index (χ1v) is 10.8. The van der Waals surface area contributed by atoms with Gasteiger partial charge in [-0.1, -0.05) is 46.3 Å². The van der Waals surface area contributed by atoms with Crippen molar-refractivity contribution < 1.29 is 9.47 Å². The van der Waals surface area contributed by atoms with Crippen LogP contribution in [0.5, 0.6) is 11.5 Å². The zero-order chi connectivity index (χ0) is 18.1. The van der Waals surface area contributed by atoms with Gasteiger partial charge in [-0.2, -0.15) is 0 Å². The van der Waals surface area contributed by atoms with Gasteiger partial charge in [-0.15, -0.1) is 11.8 Å². The van der Waals surface area contributed by atoms with Crippen molar-refractivity contribution in [2.24, 2.45) is 5.92 Å². The number of piperidine rings is 1. The molecule has 0 amide bonds. The highest BCUT2D eigenvalue weighted by Crippen LogP contribution is 2.49. The predicted octanol–water partition coefficient (Wildman–Crippen LogP) is 4.83. The van der Waals surface area contributed by atoms with Gasteiger partial charge in [0.2, 0.25) is 0 Å².